The molecule has 3 heteroatoms. The number of ether oxygens (including phenoxy) is 2. The number of hydrogen-bond donors (Lipinski definition) is 0. The van der Waals surface area contributed by atoms with Crippen LogP contribution in [-0.4, -0.2) is 12.6 Å². The SMILES string of the molecule is C#CCOC1(c2ccccc2)OC(=O)c2ccccc21. The number of cyclic esters (lactones) is 1. The summed E-state index contributed by atoms with van der Waals surface area (Å²) in [4.78, 5) is 12.1. The normalized spacial score (nSPS) is 20.1. The van der Waals surface area contributed by atoms with Crippen molar-refractivity contribution in [3.63, 3.8) is 0 Å². The molecule has 3 rings (SSSR count). The molecule has 0 aromatic heterocycles. The summed E-state index contributed by atoms with van der Waals surface area (Å²) in [7, 11) is 0. The average molecular weight is 264 g/mol. The van der Waals surface area contributed by atoms with Crippen molar-refractivity contribution in [3.8, 4) is 12.3 Å². The first-order valence-electron chi connectivity index (χ1n) is 6.24. The molecule has 0 saturated heterocycles. The summed E-state index contributed by atoms with van der Waals surface area (Å²) in [5.74, 6) is 0.771. The molecule has 1 aliphatic rings. The smallest absolute Gasteiger partial charge is 0.341 e. The molecule has 98 valence electrons. The molecule has 20 heavy (non-hydrogen) atoms. The molecule has 2 aromatic rings. The summed E-state index contributed by atoms with van der Waals surface area (Å²) in [5.41, 5.74) is 1.94. The van der Waals surface area contributed by atoms with E-state index in [-0.39, 0.29) is 6.61 Å². The summed E-state index contributed by atoms with van der Waals surface area (Å²) in [6.45, 7) is 0.0521. The van der Waals surface area contributed by atoms with Crippen molar-refractivity contribution in [2.45, 2.75) is 5.79 Å². The Kier molecular flexibility index (Phi) is 3.02. The maximum atomic E-state index is 12.1. The number of fused-ring (bicyclic) bond motifs is 1. The fraction of sp³-hybridized carbons (Fsp3) is 0.118. The first-order valence-corrected chi connectivity index (χ1v) is 6.24. The van der Waals surface area contributed by atoms with E-state index in [0.29, 0.717) is 11.1 Å². The van der Waals surface area contributed by atoms with Gasteiger partial charge in [0, 0.05) is 11.1 Å². The first kappa shape index (κ1) is 12.5. The van der Waals surface area contributed by atoms with Crippen molar-refractivity contribution in [3.05, 3.63) is 71.3 Å². The minimum atomic E-state index is -1.25. The third kappa shape index (κ3) is 1.78. The Bertz CT molecular complexity index is 685. The van der Waals surface area contributed by atoms with Crippen LogP contribution in [0.2, 0.25) is 0 Å². The van der Waals surface area contributed by atoms with Crippen LogP contribution >= 0.6 is 0 Å². The van der Waals surface area contributed by atoms with Crippen molar-refractivity contribution < 1.29 is 14.3 Å². The van der Waals surface area contributed by atoms with E-state index in [0.717, 1.165) is 5.56 Å². The van der Waals surface area contributed by atoms with Gasteiger partial charge in [0.25, 0.3) is 5.79 Å². The second-order valence-electron chi connectivity index (χ2n) is 4.41. The van der Waals surface area contributed by atoms with Gasteiger partial charge in [0.05, 0.1) is 5.56 Å². The molecule has 0 aliphatic carbocycles. The van der Waals surface area contributed by atoms with Crippen LogP contribution in [0.4, 0.5) is 0 Å². The lowest BCUT2D eigenvalue weighted by Crippen LogP contribution is -2.31. The molecule has 0 spiro atoms. The third-order valence-electron chi connectivity index (χ3n) is 3.25. The monoisotopic (exact) mass is 264 g/mol. The average Bonchev–Trinajstić information content (AvgIpc) is 2.80. The van der Waals surface area contributed by atoms with Crippen LogP contribution in [0.25, 0.3) is 0 Å². The summed E-state index contributed by atoms with van der Waals surface area (Å²) in [6, 6.07) is 16.5. The van der Waals surface area contributed by atoms with Gasteiger partial charge in [-0.3, -0.25) is 0 Å². The van der Waals surface area contributed by atoms with Crippen molar-refractivity contribution in [2.24, 2.45) is 0 Å². The van der Waals surface area contributed by atoms with Gasteiger partial charge in [-0.15, -0.1) is 6.42 Å². The predicted octanol–water partition coefficient (Wildman–Crippen LogP) is 2.71. The van der Waals surface area contributed by atoms with Gasteiger partial charge in [-0.1, -0.05) is 54.5 Å². The Morgan fingerprint density at radius 1 is 1.10 bits per heavy atom. The number of terminal acetylenes is 1. The second-order valence-corrected chi connectivity index (χ2v) is 4.41. The van der Waals surface area contributed by atoms with Gasteiger partial charge < -0.3 is 9.47 Å². The van der Waals surface area contributed by atoms with E-state index in [2.05, 4.69) is 5.92 Å². The second kappa shape index (κ2) is 4.84. The lowest BCUT2D eigenvalue weighted by Gasteiger charge is -2.28. The van der Waals surface area contributed by atoms with E-state index < -0.39 is 11.8 Å². The number of carbonyl (C=O) groups is 1. The Balaban J connectivity index is 2.19. The molecule has 0 N–H and O–H groups in total. The molecule has 0 amide bonds. The van der Waals surface area contributed by atoms with Crippen LogP contribution in [0.15, 0.2) is 54.6 Å². The number of benzene rings is 2. The summed E-state index contributed by atoms with van der Waals surface area (Å²) in [5, 5.41) is 0. The molecule has 1 heterocycles. The highest BCUT2D eigenvalue weighted by atomic mass is 16.7. The molecule has 1 atom stereocenters. The predicted molar refractivity (Wildman–Crippen MR) is 73.9 cm³/mol. The van der Waals surface area contributed by atoms with Gasteiger partial charge in [0.2, 0.25) is 0 Å². The lowest BCUT2D eigenvalue weighted by molar-refractivity contribution is -0.165. The van der Waals surface area contributed by atoms with Crippen molar-refractivity contribution in [1.82, 2.24) is 0 Å². The summed E-state index contributed by atoms with van der Waals surface area (Å²) < 4.78 is 11.3. The van der Waals surface area contributed by atoms with E-state index in [9.17, 15) is 4.79 Å². The van der Waals surface area contributed by atoms with Crippen LogP contribution in [0, 0.1) is 12.3 Å². The molecule has 2 aromatic carbocycles. The molecular formula is C17H12O3. The largest absolute Gasteiger partial charge is 0.420 e. The fourth-order valence-corrected chi connectivity index (χ4v) is 2.39. The van der Waals surface area contributed by atoms with Crippen LogP contribution in [0.1, 0.15) is 21.5 Å². The molecule has 0 radical (unpaired) electrons. The van der Waals surface area contributed by atoms with E-state index in [1.54, 1.807) is 12.1 Å². The standard InChI is InChI=1S/C17H12O3/c1-2-12-19-17(13-8-4-3-5-9-13)15-11-7-6-10-14(15)16(18)20-17/h1,3-11H,12H2. The van der Waals surface area contributed by atoms with Crippen molar-refractivity contribution >= 4 is 5.97 Å². The lowest BCUT2D eigenvalue weighted by atomic mass is 9.95. The van der Waals surface area contributed by atoms with Crippen LogP contribution in [0.5, 0.6) is 0 Å². The van der Waals surface area contributed by atoms with Crippen LogP contribution in [-0.2, 0) is 15.3 Å². The maximum absolute atomic E-state index is 12.1. The van der Waals surface area contributed by atoms with Crippen molar-refractivity contribution in [1.29, 1.82) is 0 Å². The highest BCUT2D eigenvalue weighted by molar-refractivity contribution is 5.95. The Morgan fingerprint density at radius 2 is 1.80 bits per heavy atom. The van der Waals surface area contributed by atoms with Gasteiger partial charge in [0.1, 0.15) is 6.61 Å². The number of rotatable bonds is 3. The van der Waals surface area contributed by atoms with Gasteiger partial charge >= 0.3 is 5.97 Å². The third-order valence-corrected chi connectivity index (χ3v) is 3.25. The molecule has 0 bridgehead atoms. The summed E-state index contributed by atoms with van der Waals surface area (Å²) in [6.07, 6.45) is 5.28. The minimum Gasteiger partial charge on any atom is -0.420 e. The van der Waals surface area contributed by atoms with E-state index >= 15 is 0 Å². The fourth-order valence-electron chi connectivity index (χ4n) is 2.39. The van der Waals surface area contributed by atoms with Gasteiger partial charge in [-0.05, 0) is 6.07 Å². The topological polar surface area (TPSA) is 35.5 Å². The molecule has 1 unspecified atom stereocenters. The quantitative estimate of drug-likeness (QED) is 0.631. The molecule has 1 aliphatic heterocycles. The van der Waals surface area contributed by atoms with E-state index in [4.69, 9.17) is 15.9 Å². The van der Waals surface area contributed by atoms with Gasteiger partial charge in [-0.2, -0.15) is 0 Å². The Hall–Kier alpha value is -2.57. The van der Waals surface area contributed by atoms with Gasteiger partial charge in [-0.25, -0.2) is 4.79 Å². The highest BCUT2D eigenvalue weighted by Crippen LogP contribution is 2.42. The van der Waals surface area contributed by atoms with E-state index in [1.165, 1.54) is 0 Å². The van der Waals surface area contributed by atoms with Gasteiger partial charge in [0.15, 0.2) is 0 Å². The number of carbonyl (C=O) groups excluding carboxylic acids is 1. The highest BCUT2D eigenvalue weighted by Gasteiger charge is 2.48. The zero-order valence-corrected chi connectivity index (χ0v) is 10.7. The maximum Gasteiger partial charge on any atom is 0.341 e. The molecule has 3 nitrogen and oxygen atoms in total. The zero-order chi connectivity index (χ0) is 14.0. The van der Waals surface area contributed by atoms with Crippen LogP contribution < -0.4 is 0 Å². The first-order chi connectivity index (χ1) is 9.78. The summed E-state index contributed by atoms with van der Waals surface area (Å²) >= 11 is 0. The van der Waals surface area contributed by atoms with Crippen molar-refractivity contribution in [2.75, 3.05) is 6.61 Å². The molecular weight excluding hydrogens is 252 g/mol. The molecule has 0 saturated carbocycles. The zero-order valence-electron chi connectivity index (χ0n) is 10.7. The molecule has 0 fully saturated rings. The number of esters is 1. The Morgan fingerprint density at radius 3 is 2.55 bits per heavy atom. The van der Waals surface area contributed by atoms with E-state index in [1.807, 2.05) is 42.5 Å². The number of hydrogen-bond acceptors (Lipinski definition) is 3. The minimum absolute atomic E-state index is 0.0521. The Labute approximate surface area is 117 Å². The van der Waals surface area contributed by atoms with Crippen LogP contribution in [0.3, 0.4) is 0 Å².